The molecule has 1 aromatic heterocycles. The van der Waals surface area contributed by atoms with Gasteiger partial charge in [-0.1, -0.05) is 41.9 Å². The van der Waals surface area contributed by atoms with E-state index >= 15 is 0 Å². The molecule has 0 spiro atoms. The fourth-order valence-electron chi connectivity index (χ4n) is 4.97. The van der Waals surface area contributed by atoms with Crippen LogP contribution in [0.1, 0.15) is 30.4 Å². The third kappa shape index (κ3) is 8.56. The minimum atomic E-state index is -3.83. The Bertz CT molecular complexity index is 1830. The lowest BCUT2D eigenvalue weighted by atomic mass is 10.1. The van der Waals surface area contributed by atoms with E-state index in [4.69, 9.17) is 21.1 Å². The zero-order valence-electron chi connectivity index (χ0n) is 25.4. The standard InChI is InChI=1S/C32H34ClN5O7S/c1-22-27(33)11-5-13-29(22)43-16-6-14-30(39)38-15-7-17-44-31-26(10-4-12-28(31)38)24-19-34-37(21-24)20-23-8-3-9-25(18-23)35-32(40)36-45-46(2,41)42/h3-5,8-13,18-19,21H,6-7,14-17,20H2,1-2H3,(H2,35,36,40). The number of carbonyl (C=O) groups is 2. The number of para-hydroxylation sites is 1. The smallest absolute Gasteiger partial charge is 0.344 e. The van der Waals surface area contributed by atoms with Gasteiger partial charge in [0.25, 0.3) is 10.1 Å². The molecule has 2 N–H and O–H groups in total. The molecule has 0 aliphatic carbocycles. The van der Waals surface area contributed by atoms with Crippen molar-refractivity contribution in [3.63, 3.8) is 0 Å². The summed E-state index contributed by atoms with van der Waals surface area (Å²) in [5.41, 5.74) is 6.34. The molecule has 0 atom stereocenters. The summed E-state index contributed by atoms with van der Waals surface area (Å²) in [5.74, 6) is 1.34. The monoisotopic (exact) mass is 667 g/mol. The van der Waals surface area contributed by atoms with Crippen LogP contribution in [0.3, 0.4) is 0 Å². The molecule has 0 fully saturated rings. The van der Waals surface area contributed by atoms with Gasteiger partial charge in [0.05, 0.1) is 37.9 Å². The van der Waals surface area contributed by atoms with E-state index < -0.39 is 16.1 Å². The largest absolute Gasteiger partial charge is 0.493 e. The van der Waals surface area contributed by atoms with E-state index in [1.807, 2.05) is 61.1 Å². The third-order valence-electron chi connectivity index (χ3n) is 7.13. The summed E-state index contributed by atoms with van der Waals surface area (Å²) < 4.78 is 40.3. The van der Waals surface area contributed by atoms with Crippen LogP contribution in [-0.4, -0.2) is 56.2 Å². The molecular weight excluding hydrogens is 634 g/mol. The minimum Gasteiger partial charge on any atom is -0.493 e. The van der Waals surface area contributed by atoms with Crippen LogP contribution in [0.2, 0.25) is 5.02 Å². The predicted molar refractivity (Wildman–Crippen MR) is 175 cm³/mol. The zero-order chi connectivity index (χ0) is 32.7. The van der Waals surface area contributed by atoms with Crippen molar-refractivity contribution >= 4 is 45.0 Å². The Balaban J connectivity index is 1.24. The van der Waals surface area contributed by atoms with Gasteiger partial charge in [0.2, 0.25) is 5.91 Å². The lowest BCUT2D eigenvalue weighted by Gasteiger charge is -2.23. The second kappa shape index (κ2) is 14.7. The maximum absolute atomic E-state index is 13.4. The van der Waals surface area contributed by atoms with Gasteiger partial charge < -0.3 is 19.7 Å². The quantitative estimate of drug-likeness (QED) is 0.157. The van der Waals surface area contributed by atoms with Crippen molar-refractivity contribution in [1.29, 1.82) is 0 Å². The van der Waals surface area contributed by atoms with Crippen LogP contribution >= 0.6 is 11.6 Å². The Morgan fingerprint density at radius 3 is 2.74 bits per heavy atom. The molecule has 0 saturated heterocycles. The number of rotatable bonds is 11. The van der Waals surface area contributed by atoms with Crippen molar-refractivity contribution in [3.8, 4) is 22.6 Å². The van der Waals surface area contributed by atoms with Crippen LogP contribution in [0.4, 0.5) is 16.2 Å². The van der Waals surface area contributed by atoms with E-state index in [2.05, 4.69) is 14.7 Å². The van der Waals surface area contributed by atoms with E-state index in [-0.39, 0.29) is 5.91 Å². The number of ether oxygens (including phenoxy) is 2. The van der Waals surface area contributed by atoms with E-state index in [0.29, 0.717) is 67.8 Å². The topological polar surface area (TPSA) is 141 Å². The van der Waals surface area contributed by atoms with Crippen LogP contribution < -0.4 is 25.2 Å². The molecule has 2 heterocycles. The molecule has 5 rings (SSSR count). The van der Waals surface area contributed by atoms with Crippen molar-refractivity contribution in [2.24, 2.45) is 0 Å². The lowest BCUT2D eigenvalue weighted by Crippen LogP contribution is -2.31. The van der Waals surface area contributed by atoms with Crippen LogP contribution in [0.5, 0.6) is 11.5 Å². The summed E-state index contributed by atoms with van der Waals surface area (Å²) in [4.78, 5) is 27.1. The van der Waals surface area contributed by atoms with Crippen LogP contribution in [0.15, 0.2) is 73.1 Å². The second-order valence-electron chi connectivity index (χ2n) is 10.7. The summed E-state index contributed by atoms with van der Waals surface area (Å²) in [7, 11) is -3.83. The molecule has 3 amide bonds. The molecule has 46 heavy (non-hydrogen) atoms. The Morgan fingerprint density at radius 1 is 1.11 bits per heavy atom. The number of hydrogen-bond donors (Lipinski definition) is 2. The van der Waals surface area contributed by atoms with Crippen LogP contribution in [0, 0.1) is 6.92 Å². The van der Waals surface area contributed by atoms with Crippen molar-refractivity contribution in [2.75, 3.05) is 36.2 Å². The molecule has 4 aromatic rings. The molecular formula is C32H34ClN5O7S. The maximum Gasteiger partial charge on any atom is 0.344 e. The van der Waals surface area contributed by atoms with E-state index in [1.54, 1.807) is 34.0 Å². The molecule has 1 aliphatic rings. The molecule has 0 saturated carbocycles. The summed E-state index contributed by atoms with van der Waals surface area (Å²) >= 11 is 6.19. The number of anilines is 2. The minimum absolute atomic E-state index is 0.00364. The number of nitrogens with zero attached hydrogens (tertiary/aromatic N) is 3. The molecule has 0 radical (unpaired) electrons. The first kappa shape index (κ1) is 32.8. The van der Waals surface area contributed by atoms with Crippen molar-refractivity contribution in [1.82, 2.24) is 15.3 Å². The highest BCUT2D eigenvalue weighted by Gasteiger charge is 2.25. The first-order valence-electron chi connectivity index (χ1n) is 14.6. The summed E-state index contributed by atoms with van der Waals surface area (Å²) in [6.45, 7) is 3.72. The van der Waals surface area contributed by atoms with Gasteiger partial charge in [0, 0.05) is 46.6 Å². The summed E-state index contributed by atoms with van der Waals surface area (Å²) in [5, 5.41) is 7.69. The number of hydrogen-bond acceptors (Lipinski definition) is 8. The molecule has 242 valence electrons. The third-order valence-corrected chi connectivity index (χ3v) is 7.92. The SMILES string of the molecule is Cc1c(Cl)cccc1OCCCC(=O)N1CCCOc2c(-c3cnn(Cc4cccc(NC(=O)NOS(C)(=O)=O)c4)c3)cccc21. The number of carbonyl (C=O) groups excluding carboxylic acids is 2. The normalized spacial score (nSPS) is 12.9. The predicted octanol–water partition coefficient (Wildman–Crippen LogP) is 5.55. The van der Waals surface area contributed by atoms with E-state index in [9.17, 15) is 18.0 Å². The number of urea groups is 1. The fourth-order valence-corrected chi connectivity index (χ4v) is 5.36. The van der Waals surface area contributed by atoms with Gasteiger partial charge in [0.15, 0.2) is 5.75 Å². The van der Waals surface area contributed by atoms with Gasteiger partial charge in [-0.2, -0.15) is 19.0 Å². The fraction of sp³-hybridized carbons (Fsp3) is 0.281. The Hall–Kier alpha value is -4.59. The first-order valence-corrected chi connectivity index (χ1v) is 16.8. The van der Waals surface area contributed by atoms with Gasteiger partial charge in [-0.25, -0.2) is 4.79 Å². The van der Waals surface area contributed by atoms with E-state index in [1.165, 1.54) is 0 Å². The summed E-state index contributed by atoms with van der Waals surface area (Å²) in [6, 6.07) is 17.5. The lowest BCUT2D eigenvalue weighted by molar-refractivity contribution is -0.118. The number of fused-ring (bicyclic) bond motifs is 1. The highest BCUT2D eigenvalue weighted by atomic mass is 35.5. The van der Waals surface area contributed by atoms with Gasteiger partial charge in [0.1, 0.15) is 5.75 Å². The Morgan fingerprint density at radius 2 is 1.91 bits per heavy atom. The first-order chi connectivity index (χ1) is 22.1. The zero-order valence-corrected chi connectivity index (χ0v) is 26.9. The van der Waals surface area contributed by atoms with Gasteiger partial charge in [-0.3, -0.25) is 9.48 Å². The average molecular weight is 668 g/mol. The number of aromatic nitrogens is 2. The Kier molecular flexibility index (Phi) is 10.5. The highest BCUT2D eigenvalue weighted by molar-refractivity contribution is 7.85. The Labute approximate surface area is 272 Å². The van der Waals surface area contributed by atoms with Crippen molar-refractivity contribution in [3.05, 3.63) is 89.2 Å². The maximum atomic E-state index is 13.4. The molecule has 12 nitrogen and oxygen atoms in total. The number of amides is 3. The van der Waals surface area contributed by atoms with Gasteiger partial charge >= 0.3 is 6.03 Å². The van der Waals surface area contributed by atoms with Crippen molar-refractivity contribution < 1.29 is 31.8 Å². The molecule has 3 aromatic carbocycles. The molecule has 14 heteroatoms. The summed E-state index contributed by atoms with van der Waals surface area (Å²) in [6.07, 6.45) is 6.02. The van der Waals surface area contributed by atoms with Crippen molar-refractivity contribution in [2.45, 2.75) is 32.7 Å². The van der Waals surface area contributed by atoms with Gasteiger partial charge in [-0.15, -0.1) is 4.28 Å². The number of nitrogens with one attached hydrogen (secondary N) is 2. The molecule has 0 unspecified atom stereocenters. The van der Waals surface area contributed by atoms with E-state index in [0.717, 1.165) is 34.2 Å². The average Bonchev–Trinajstić information content (AvgIpc) is 3.36. The number of hydroxylamine groups is 1. The van der Waals surface area contributed by atoms with Gasteiger partial charge in [-0.05, 0) is 55.7 Å². The number of benzene rings is 3. The van der Waals surface area contributed by atoms with Crippen LogP contribution in [0.25, 0.3) is 11.1 Å². The molecule has 0 bridgehead atoms. The van der Waals surface area contributed by atoms with Crippen LogP contribution in [-0.2, 0) is 25.7 Å². The highest BCUT2D eigenvalue weighted by Crippen LogP contribution is 2.40. The molecule has 1 aliphatic heterocycles. The number of halogens is 1. The second-order valence-corrected chi connectivity index (χ2v) is 12.7.